The van der Waals surface area contributed by atoms with Crippen molar-refractivity contribution in [3.8, 4) is 11.5 Å². The number of nitrogens with zero attached hydrogens (tertiary/aromatic N) is 2. The molecule has 1 aromatic heterocycles. The van der Waals surface area contributed by atoms with Gasteiger partial charge in [0.25, 0.3) is 0 Å². The van der Waals surface area contributed by atoms with Gasteiger partial charge in [-0.05, 0) is 24.3 Å². The highest BCUT2D eigenvalue weighted by molar-refractivity contribution is 5.93. The molecule has 2 rings (SSSR count). The van der Waals surface area contributed by atoms with Gasteiger partial charge in [0.1, 0.15) is 17.2 Å². The van der Waals surface area contributed by atoms with E-state index in [4.69, 9.17) is 14.6 Å². The monoisotopic (exact) mass is 276 g/mol. The first-order valence-electron chi connectivity index (χ1n) is 5.65. The lowest BCUT2D eigenvalue weighted by Gasteiger charge is -2.05. The van der Waals surface area contributed by atoms with Crippen LogP contribution in [0.1, 0.15) is 21.0 Å². The second kappa shape index (κ2) is 5.43. The Morgan fingerprint density at radius 2 is 1.80 bits per heavy atom. The summed E-state index contributed by atoms with van der Waals surface area (Å²) >= 11 is 0. The Labute approximate surface area is 114 Å². The van der Waals surface area contributed by atoms with Crippen molar-refractivity contribution in [1.29, 1.82) is 0 Å². The Hall–Kier alpha value is -2.83. The Balaban J connectivity index is 2.16. The van der Waals surface area contributed by atoms with Gasteiger partial charge < -0.3 is 14.6 Å². The van der Waals surface area contributed by atoms with Gasteiger partial charge in [-0.3, -0.25) is 4.68 Å². The SMILES string of the molecule is COc1ccc(OC(=O)c2cc(C(=O)O)nn2C)cc1. The van der Waals surface area contributed by atoms with E-state index >= 15 is 0 Å². The maximum atomic E-state index is 11.9. The van der Waals surface area contributed by atoms with Crippen molar-refractivity contribution < 1.29 is 24.2 Å². The minimum atomic E-state index is -1.20. The van der Waals surface area contributed by atoms with E-state index in [1.54, 1.807) is 24.3 Å². The van der Waals surface area contributed by atoms with Crippen LogP contribution >= 0.6 is 0 Å². The molecule has 7 nitrogen and oxygen atoms in total. The first-order chi connectivity index (χ1) is 9.51. The molecule has 0 amide bonds. The van der Waals surface area contributed by atoms with E-state index in [2.05, 4.69) is 5.10 Å². The number of carbonyl (C=O) groups excluding carboxylic acids is 1. The molecule has 7 heteroatoms. The van der Waals surface area contributed by atoms with Crippen LogP contribution in [0.15, 0.2) is 30.3 Å². The zero-order valence-electron chi connectivity index (χ0n) is 10.9. The zero-order valence-corrected chi connectivity index (χ0v) is 10.9. The number of carboxylic acid groups (broad SMARTS) is 1. The van der Waals surface area contributed by atoms with Crippen LogP contribution in [0.5, 0.6) is 11.5 Å². The fourth-order valence-corrected chi connectivity index (χ4v) is 1.57. The number of esters is 1. The number of methoxy groups -OCH3 is 1. The number of rotatable bonds is 4. The number of hydrogen-bond acceptors (Lipinski definition) is 5. The molecule has 0 atom stereocenters. The summed E-state index contributed by atoms with van der Waals surface area (Å²) in [4.78, 5) is 22.7. The number of aromatic carboxylic acids is 1. The maximum Gasteiger partial charge on any atom is 0.362 e. The third kappa shape index (κ3) is 2.77. The molecule has 1 aromatic carbocycles. The summed E-state index contributed by atoms with van der Waals surface area (Å²) in [5, 5.41) is 12.5. The fourth-order valence-electron chi connectivity index (χ4n) is 1.57. The summed E-state index contributed by atoms with van der Waals surface area (Å²) in [5.41, 5.74) is -0.160. The predicted molar refractivity (Wildman–Crippen MR) is 68.1 cm³/mol. The summed E-state index contributed by atoms with van der Waals surface area (Å²) in [7, 11) is 3.00. The molecule has 2 aromatic rings. The Bertz CT molecular complexity index is 645. The van der Waals surface area contributed by atoms with Gasteiger partial charge in [0.15, 0.2) is 5.69 Å². The Kier molecular flexibility index (Phi) is 3.69. The molecule has 1 N–H and O–H groups in total. The molecule has 104 valence electrons. The molecule has 0 unspecified atom stereocenters. The number of carbonyl (C=O) groups is 2. The largest absolute Gasteiger partial charge is 0.497 e. The van der Waals surface area contributed by atoms with Crippen LogP contribution in [0, 0.1) is 0 Å². The first kappa shape index (κ1) is 13.6. The van der Waals surface area contributed by atoms with E-state index in [0.29, 0.717) is 11.5 Å². The van der Waals surface area contributed by atoms with Crippen molar-refractivity contribution in [2.45, 2.75) is 0 Å². The van der Waals surface area contributed by atoms with Crippen molar-refractivity contribution >= 4 is 11.9 Å². The molecule has 0 aliphatic carbocycles. The zero-order chi connectivity index (χ0) is 14.7. The number of hydrogen-bond donors (Lipinski definition) is 1. The third-order valence-electron chi connectivity index (χ3n) is 2.58. The minimum absolute atomic E-state index is 0.0539. The van der Waals surface area contributed by atoms with Crippen molar-refractivity contribution in [2.24, 2.45) is 7.05 Å². The van der Waals surface area contributed by atoms with Crippen LogP contribution in [-0.2, 0) is 7.05 Å². The minimum Gasteiger partial charge on any atom is -0.497 e. The number of benzene rings is 1. The molecule has 0 bridgehead atoms. The van der Waals surface area contributed by atoms with Crippen LogP contribution in [0.2, 0.25) is 0 Å². The normalized spacial score (nSPS) is 10.1. The van der Waals surface area contributed by atoms with Gasteiger partial charge in [0.05, 0.1) is 7.11 Å². The highest BCUT2D eigenvalue weighted by Gasteiger charge is 2.18. The molecule has 0 saturated heterocycles. The average Bonchev–Trinajstić information content (AvgIpc) is 2.82. The second-order valence-electron chi connectivity index (χ2n) is 3.91. The summed E-state index contributed by atoms with van der Waals surface area (Å²) in [5.74, 6) is -0.922. The summed E-state index contributed by atoms with van der Waals surface area (Å²) in [6, 6.07) is 7.60. The maximum absolute atomic E-state index is 11.9. The number of aromatic nitrogens is 2. The van der Waals surface area contributed by atoms with E-state index in [1.807, 2.05) is 0 Å². The van der Waals surface area contributed by atoms with Gasteiger partial charge in [-0.1, -0.05) is 0 Å². The molecule has 0 saturated carbocycles. The summed E-state index contributed by atoms with van der Waals surface area (Å²) < 4.78 is 11.3. The molecule has 0 aliphatic heterocycles. The Morgan fingerprint density at radius 1 is 1.20 bits per heavy atom. The van der Waals surface area contributed by atoms with Gasteiger partial charge in [-0.25, -0.2) is 9.59 Å². The lowest BCUT2D eigenvalue weighted by atomic mass is 10.3. The molecule has 0 aliphatic rings. The molecular formula is C13H12N2O5. The molecule has 1 heterocycles. The van der Waals surface area contributed by atoms with E-state index in [9.17, 15) is 9.59 Å². The van der Waals surface area contributed by atoms with Gasteiger partial charge in [0, 0.05) is 13.1 Å². The lowest BCUT2D eigenvalue weighted by molar-refractivity contribution is 0.0687. The Morgan fingerprint density at radius 3 is 2.30 bits per heavy atom. The van der Waals surface area contributed by atoms with Crippen LogP contribution in [0.25, 0.3) is 0 Å². The number of carboxylic acids is 1. The number of aryl methyl sites for hydroxylation is 1. The average molecular weight is 276 g/mol. The van der Waals surface area contributed by atoms with Crippen LogP contribution in [0.3, 0.4) is 0 Å². The molecule has 20 heavy (non-hydrogen) atoms. The van der Waals surface area contributed by atoms with E-state index in [1.165, 1.54) is 14.2 Å². The topological polar surface area (TPSA) is 90.7 Å². The van der Waals surface area contributed by atoms with Gasteiger partial charge in [-0.15, -0.1) is 0 Å². The van der Waals surface area contributed by atoms with Gasteiger partial charge in [0.2, 0.25) is 0 Å². The molecule has 0 fully saturated rings. The summed E-state index contributed by atoms with van der Waals surface area (Å²) in [6.07, 6.45) is 0. The highest BCUT2D eigenvalue weighted by Crippen LogP contribution is 2.18. The predicted octanol–water partition coefficient (Wildman–Crippen LogP) is 1.35. The fraction of sp³-hybridized carbons (Fsp3) is 0.154. The molecule has 0 spiro atoms. The van der Waals surface area contributed by atoms with Crippen molar-refractivity contribution in [3.63, 3.8) is 0 Å². The quantitative estimate of drug-likeness (QED) is 0.669. The second-order valence-corrected chi connectivity index (χ2v) is 3.91. The standard InChI is InChI=1S/C13H12N2O5/c1-15-11(7-10(14-15)12(16)17)13(18)20-9-5-3-8(19-2)4-6-9/h3-7H,1-2H3,(H,16,17). The number of ether oxygens (including phenoxy) is 2. The smallest absolute Gasteiger partial charge is 0.362 e. The van der Waals surface area contributed by atoms with E-state index in [-0.39, 0.29) is 11.4 Å². The van der Waals surface area contributed by atoms with Crippen LogP contribution in [0.4, 0.5) is 0 Å². The highest BCUT2D eigenvalue weighted by atomic mass is 16.5. The first-order valence-corrected chi connectivity index (χ1v) is 5.65. The van der Waals surface area contributed by atoms with Crippen molar-refractivity contribution in [2.75, 3.05) is 7.11 Å². The van der Waals surface area contributed by atoms with Crippen molar-refractivity contribution in [3.05, 3.63) is 41.7 Å². The lowest BCUT2D eigenvalue weighted by Crippen LogP contribution is -2.13. The van der Waals surface area contributed by atoms with Crippen LogP contribution < -0.4 is 9.47 Å². The van der Waals surface area contributed by atoms with E-state index in [0.717, 1.165) is 10.7 Å². The molecule has 0 radical (unpaired) electrons. The van der Waals surface area contributed by atoms with Crippen molar-refractivity contribution in [1.82, 2.24) is 9.78 Å². The van der Waals surface area contributed by atoms with Crippen LogP contribution in [-0.4, -0.2) is 33.9 Å². The van der Waals surface area contributed by atoms with E-state index < -0.39 is 11.9 Å². The molecular weight excluding hydrogens is 264 g/mol. The van der Waals surface area contributed by atoms with Gasteiger partial charge >= 0.3 is 11.9 Å². The third-order valence-corrected chi connectivity index (χ3v) is 2.58. The summed E-state index contributed by atoms with van der Waals surface area (Å²) in [6.45, 7) is 0. The van der Waals surface area contributed by atoms with Gasteiger partial charge in [-0.2, -0.15) is 5.10 Å².